The summed E-state index contributed by atoms with van der Waals surface area (Å²) in [6.07, 6.45) is 3.50. The third-order valence-corrected chi connectivity index (χ3v) is 1.50. The van der Waals surface area contributed by atoms with Crippen molar-refractivity contribution in [3.63, 3.8) is 0 Å². The lowest BCUT2D eigenvalue weighted by molar-refractivity contribution is -0.374. The van der Waals surface area contributed by atoms with Crippen molar-refractivity contribution in [2.75, 3.05) is 0 Å². The minimum absolute atomic E-state index is 0.193. The number of hydrogen-bond acceptors (Lipinski definition) is 2. The molecule has 2 nitrogen and oxygen atoms in total. The summed E-state index contributed by atoms with van der Waals surface area (Å²) >= 11 is 0. The van der Waals surface area contributed by atoms with E-state index in [2.05, 4.69) is 13.8 Å². The van der Waals surface area contributed by atoms with E-state index < -0.39 is 0 Å². The van der Waals surface area contributed by atoms with Crippen LogP contribution in [0.3, 0.4) is 0 Å². The number of rotatable bonds is 5. The van der Waals surface area contributed by atoms with Gasteiger partial charge in [0.1, 0.15) is 0 Å². The predicted octanol–water partition coefficient (Wildman–Crippen LogP) is 3.31. The van der Waals surface area contributed by atoms with Gasteiger partial charge in [0.15, 0.2) is 0 Å². The highest BCUT2D eigenvalue weighted by atomic mass is 17.2. The molecule has 0 aliphatic heterocycles. The van der Waals surface area contributed by atoms with Crippen LogP contribution in [-0.4, -0.2) is 11.7 Å². The number of hydrogen-bond donors (Lipinski definition) is 0. The van der Waals surface area contributed by atoms with Gasteiger partial charge in [0.05, 0.1) is 11.7 Å². The summed E-state index contributed by atoms with van der Waals surface area (Å²) in [7, 11) is 0. The van der Waals surface area contributed by atoms with Crippen LogP contribution in [-0.2, 0) is 9.78 Å². The van der Waals surface area contributed by atoms with E-state index in [9.17, 15) is 0 Å². The lowest BCUT2D eigenvalue weighted by Crippen LogP contribution is -2.23. The smallest absolute Gasteiger partial charge is 0.0952 e. The first-order valence-corrected chi connectivity index (χ1v) is 4.84. The molecule has 0 aromatic heterocycles. The second-order valence-electron chi connectivity index (χ2n) is 4.11. The Morgan fingerprint density at radius 3 is 2.08 bits per heavy atom. The van der Waals surface area contributed by atoms with E-state index in [0.717, 1.165) is 19.3 Å². The molecular weight excluding hydrogens is 152 g/mol. The van der Waals surface area contributed by atoms with Crippen molar-refractivity contribution in [2.24, 2.45) is 0 Å². The Balaban J connectivity index is 3.58. The predicted molar refractivity (Wildman–Crippen MR) is 50.9 cm³/mol. The molecule has 0 fully saturated rings. The zero-order valence-electron chi connectivity index (χ0n) is 9.02. The van der Waals surface area contributed by atoms with Crippen LogP contribution in [0.5, 0.6) is 0 Å². The zero-order valence-corrected chi connectivity index (χ0v) is 9.02. The standard InChI is InChI=1S/C10H22O2/c1-6-8-9(7-2)11-12-10(3,4)5/h9H,6-8H2,1-5H3. The quantitative estimate of drug-likeness (QED) is 0.470. The fourth-order valence-corrected chi connectivity index (χ4v) is 0.855. The highest BCUT2D eigenvalue weighted by Gasteiger charge is 2.14. The Kier molecular flexibility index (Phi) is 5.51. The Morgan fingerprint density at radius 1 is 1.17 bits per heavy atom. The molecular formula is C10H22O2. The summed E-state index contributed by atoms with van der Waals surface area (Å²) in [5.41, 5.74) is -0.193. The largest absolute Gasteiger partial charge is 0.233 e. The molecule has 74 valence electrons. The van der Waals surface area contributed by atoms with Crippen LogP contribution in [0, 0.1) is 0 Å². The van der Waals surface area contributed by atoms with Crippen LogP contribution in [0.1, 0.15) is 53.9 Å². The van der Waals surface area contributed by atoms with Gasteiger partial charge in [-0.1, -0.05) is 20.3 Å². The van der Waals surface area contributed by atoms with Crippen LogP contribution in [0.4, 0.5) is 0 Å². The molecule has 0 spiro atoms. The summed E-state index contributed by atoms with van der Waals surface area (Å²) in [6.45, 7) is 10.2. The molecule has 0 N–H and O–H groups in total. The fraction of sp³-hybridized carbons (Fsp3) is 1.00. The van der Waals surface area contributed by atoms with Crippen LogP contribution >= 0.6 is 0 Å². The molecule has 1 atom stereocenters. The molecule has 2 heteroatoms. The van der Waals surface area contributed by atoms with Crippen LogP contribution < -0.4 is 0 Å². The zero-order chi connectivity index (χ0) is 9.61. The van der Waals surface area contributed by atoms with E-state index in [0.29, 0.717) is 0 Å². The van der Waals surface area contributed by atoms with E-state index in [1.54, 1.807) is 0 Å². The van der Waals surface area contributed by atoms with Gasteiger partial charge in [-0.2, -0.15) is 0 Å². The van der Waals surface area contributed by atoms with E-state index in [1.807, 2.05) is 20.8 Å². The summed E-state index contributed by atoms with van der Waals surface area (Å²) < 4.78 is 0. The third-order valence-electron chi connectivity index (χ3n) is 1.50. The average Bonchev–Trinajstić information content (AvgIpc) is 1.96. The van der Waals surface area contributed by atoms with E-state index >= 15 is 0 Å². The van der Waals surface area contributed by atoms with Gasteiger partial charge in [-0.05, 0) is 33.6 Å². The van der Waals surface area contributed by atoms with Gasteiger partial charge in [-0.3, -0.25) is 0 Å². The normalized spacial score (nSPS) is 14.8. The van der Waals surface area contributed by atoms with Gasteiger partial charge in [0.2, 0.25) is 0 Å². The van der Waals surface area contributed by atoms with Crippen LogP contribution in [0.25, 0.3) is 0 Å². The maximum Gasteiger partial charge on any atom is 0.0952 e. The minimum atomic E-state index is -0.193. The lowest BCUT2D eigenvalue weighted by atomic mass is 10.2. The Morgan fingerprint density at radius 2 is 1.75 bits per heavy atom. The molecule has 12 heavy (non-hydrogen) atoms. The first-order valence-electron chi connectivity index (χ1n) is 4.84. The van der Waals surface area contributed by atoms with Crippen molar-refractivity contribution in [3.8, 4) is 0 Å². The molecule has 0 aliphatic carbocycles. The highest BCUT2D eigenvalue weighted by molar-refractivity contribution is 4.56. The van der Waals surface area contributed by atoms with Crippen molar-refractivity contribution in [2.45, 2.75) is 65.6 Å². The molecule has 0 aromatic rings. The van der Waals surface area contributed by atoms with Gasteiger partial charge >= 0.3 is 0 Å². The van der Waals surface area contributed by atoms with E-state index in [4.69, 9.17) is 9.78 Å². The van der Waals surface area contributed by atoms with E-state index in [1.165, 1.54) is 0 Å². The van der Waals surface area contributed by atoms with Crippen molar-refractivity contribution in [1.82, 2.24) is 0 Å². The summed E-state index contributed by atoms with van der Waals surface area (Å²) in [6, 6.07) is 0. The maximum atomic E-state index is 5.30. The molecule has 0 aromatic carbocycles. The second kappa shape index (κ2) is 5.55. The topological polar surface area (TPSA) is 18.5 Å². The van der Waals surface area contributed by atoms with Crippen molar-refractivity contribution in [1.29, 1.82) is 0 Å². The maximum absolute atomic E-state index is 5.30. The first-order chi connectivity index (χ1) is 5.49. The molecule has 0 radical (unpaired) electrons. The first kappa shape index (κ1) is 11.9. The molecule has 0 rings (SSSR count). The van der Waals surface area contributed by atoms with Gasteiger partial charge < -0.3 is 0 Å². The van der Waals surface area contributed by atoms with Crippen molar-refractivity contribution >= 4 is 0 Å². The molecule has 0 bridgehead atoms. The lowest BCUT2D eigenvalue weighted by Gasteiger charge is -2.22. The average molecular weight is 174 g/mol. The Bertz CT molecular complexity index is 105. The summed E-state index contributed by atoms with van der Waals surface area (Å²) in [5, 5.41) is 0. The van der Waals surface area contributed by atoms with Crippen LogP contribution in [0.2, 0.25) is 0 Å². The van der Waals surface area contributed by atoms with E-state index in [-0.39, 0.29) is 11.7 Å². The molecule has 0 aliphatic rings. The second-order valence-corrected chi connectivity index (χ2v) is 4.11. The van der Waals surface area contributed by atoms with Gasteiger partial charge in [0, 0.05) is 0 Å². The highest BCUT2D eigenvalue weighted by Crippen LogP contribution is 2.13. The van der Waals surface area contributed by atoms with Gasteiger partial charge in [0.25, 0.3) is 0 Å². The third kappa shape index (κ3) is 6.62. The van der Waals surface area contributed by atoms with Gasteiger partial charge in [-0.25, -0.2) is 9.78 Å². The molecule has 0 heterocycles. The Labute approximate surface area is 76.2 Å². The fourth-order valence-electron chi connectivity index (χ4n) is 0.855. The molecule has 0 amide bonds. The summed E-state index contributed by atoms with van der Waals surface area (Å²) in [4.78, 5) is 10.5. The molecule has 0 saturated heterocycles. The SMILES string of the molecule is CCCC(CC)OOC(C)(C)C. The minimum Gasteiger partial charge on any atom is -0.233 e. The molecule has 0 saturated carbocycles. The summed E-state index contributed by atoms with van der Waals surface area (Å²) in [5.74, 6) is 0. The van der Waals surface area contributed by atoms with Crippen molar-refractivity contribution in [3.05, 3.63) is 0 Å². The van der Waals surface area contributed by atoms with Crippen LogP contribution in [0.15, 0.2) is 0 Å². The monoisotopic (exact) mass is 174 g/mol. The van der Waals surface area contributed by atoms with Crippen molar-refractivity contribution < 1.29 is 9.78 Å². The molecule has 1 unspecified atom stereocenters. The van der Waals surface area contributed by atoms with Gasteiger partial charge in [-0.15, -0.1) is 0 Å². The Hall–Kier alpha value is -0.0800.